The Bertz CT molecular complexity index is 472. The molecule has 0 fully saturated rings. The second kappa shape index (κ2) is 6.00. The number of Topliss-reactive ketones (excluding diaryl/α,β-unsaturated/α-hetero) is 1. The van der Waals surface area contributed by atoms with Crippen LogP contribution in [0, 0.1) is 0 Å². The lowest BCUT2D eigenvalue weighted by Gasteiger charge is -2.12. The number of anilines is 1. The summed E-state index contributed by atoms with van der Waals surface area (Å²) in [6.45, 7) is 1.38. The van der Waals surface area contributed by atoms with Crippen molar-refractivity contribution in [3.05, 3.63) is 35.4 Å². The molecule has 4 nitrogen and oxygen atoms in total. The third-order valence-electron chi connectivity index (χ3n) is 2.54. The number of carbonyl (C=O) groups excluding carboxylic acids is 1. The van der Waals surface area contributed by atoms with Crippen LogP contribution in [0.25, 0.3) is 6.08 Å². The van der Waals surface area contributed by atoms with E-state index in [9.17, 15) is 9.59 Å². The molecule has 0 atom stereocenters. The standard InChI is InChI=1S/C14H17NO3/c1-10(16)12(9-14(17)18)8-11-4-6-13(7-5-11)15(2)3/h4-8H,9H2,1-3H3,(H,17,18)/b12-8+. The Balaban J connectivity index is 2.97. The molecule has 0 radical (unpaired) electrons. The summed E-state index contributed by atoms with van der Waals surface area (Å²) in [4.78, 5) is 23.9. The van der Waals surface area contributed by atoms with Gasteiger partial charge in [-0.15, -0.1) is 0 Å². The quantitative estimate of drug-likeness (QED) is 0.810. The number of ketones is 1. The lowest BCUT2D eigenvalue weighted by molar-refractivity contribution is -0.136. The van der Waals surface area contributed by atoms with Gasteiger partial charge in [-0.3, -0.25) is 9.59 Å². The predicted molar refractivity (Wildman–Crippen MR) is 71.7 cm³/mol. The zero-order chi connectivity index (χ0) is 13.7. The highest BCUT2D eigenvalue weighted by Crippen LogP contribution is 2.16. The van der Waals surface area contributed by atoms with E-state index in [1.54, 1.807) is 6.08 Å². The van der Waals surface area contributed by atoms with Gasteiger partial charge in [0.05, 0.1) is 6.42 Å². The van der Waals surface area contributed by atoms with Crippen LogP contribution in [-0.2, 0) is 9.59 Å². The number of benzene rings is 1. The molecule has 0 aliphatic carbocycles. The Kier molecular flexibility index (Phi) is 4.66. The molecule has 0 amide bonds. The molecule has 1 rings (SSSR count). The van der Waals surface area contributed by atoms with Crippen LogP contribution >= 0.6 is 0 Å². The molecule has 0 spiro atoms. The monoisotopic (exact) mass is 247 g/mol. The number of nitrogens with zero attached hydrogens (tertiary/aromatic N) is 1. The van der Waals surface area contributed by atoms with Gasteiger partial charge in [0, 0.05) is 25.4 Å². The van der Waals surface area contributed by atoms with E-state index in [1.807, 2.05) is 43.3 Å². The topological polar surface area (TPSA) is 57.6 Å². The fourth-order valence-electron chi connectivity index (χ4n) is 1.51. The van der Waals surface area contributed by atoms with Crippen LogP contribution in [0.3, 0.4) is 0 Å². The Hall–Kier alpha value is -2.10. The highest BCUT2D eigenvalue weighted by Gasteiger charge is 2.08. The van der Waals surface area contributed by atoms with E-state index in [-0.39, 0.29) is 12.2 Å². The molecule has 1 N–H and O–H groups in total. The molecule has 96 valence electrons. The first kappa shape index (κ1) is 14.0. The molecule has 0 bridgehead atoms. The first-order chi connectivity index (χ1) is 8.40. The van der Waals surface area contributed by atoms with Crippen molar-refractivity contribution in [2.45, 2.75) is 13.3 Å². The van der Waals surface area contributed by atoms with Crippen molar-refractivity contribution in [2.75, 3.05) is 19.0 Å². The van der Waals surface area contributed by atoms with Crippen molar-refractivity contribution in [3.63, 3.8) is 0 Å². The van der Waals surface area contributed by atoms with Crippen molar-refractivity contribution in [3.8, 4) is 0 Å². The fraction of sp³-hybridized carbons (Fsp3) is 0.286. The normalized spacial score (nSPS) is 11.2. The SMILES string of the molecule is CC(=O)/C(=C/c1ccc(N(C)C)cc1)CC(=O)O. The average molecular weight is 247 g/mol. The Morgan fingerprint density at radius 1 is 1.22 bits per heavy atom. The van der Waals surface area contributed by atoms with Crippen molar-refractivity contribution in [1.29, 1.82) is 0 Å². The van der Waals surface area contributed by atoms with Crippen molar-refractivity contribution in [2.24, 2.45) is 0 Å². The molecule has 0 saturated carbocycles. The average Bonchev–Trinajstić information content (AvgIpc) is 2.28. The van der Waals surface area contributed by atoms with E-state index < -0.39 is 5.97 Å². The maximum Gasteiger partial charge on any atom is 0.307 e. The largest absolute Gasteiger partial charge is 0.481 e. The van der Waals surface area contributed by atoms with Crippen molar-refractivity contribution < 1.29 is 14.7 Å². The minimum absolute atomic E-state index is 0.214. The number of carboxylic acids is 1. The van der Waals surface area contributed by atoms with Gasteiger partial charge in [0.2, 0.25) is 0 Å². The summed E-state index contributed by atoms with van der Waals surface area (Å²) < 4.78 is 0. The maximum atomic E-state index is 11.3. The van der Waals surface area contributed by atoms with Gasteiger partial charge in [0.1, 0.15) is 0 Å². The summed E-state index contributed by atoms with van der Waals surface area (Å²) in [6.07, 6.45) is 1.38. The highest BCUT2D eigenvalue weighted by molar-refractivity contribution is 6.01. The summed E-state index contributed by atoms with van der Waals surface area (Å²) in [5, 5.41) is 8.73. The number of carbonyl (C=O) groups is 2. The van der Waals surface area contributed by atoms with Gasteiger partial charge in [-0.25, -0.2) is 0 Å². The lowest BCUT2D eigenvalue weighted by Crippen LogP contribution is -2.08. The first-order valence-corrected chi connectivity index (χ1v) is 5.61. The fourth-order valence-corrected chi connectivity index (χ4v) is 1.51. The molecule has 0 saturated heterocycles. The molecule has 1 aromatic carbocycles. The minimum atomic E-state index is -0.999. The lowest BCUT2D eigenvalue weighted by atomic mass is 10.0. The van der Waals surface area contributed by atoms with E-state index in [4.69, 9.17) is 5.11 Å². The van der Waals surface area contributed by atoms with Gasteiger partial charge in [0.15, 0.2) is 5.78 Å². The number of hydrogen-bond donors (Lipinski definition) is 1. The predicted octanol–water partition coefficient (Wildman–Crippen LogP) is 2.20. The first-order valence-electron chi connectivity index (χ1n) is 5.61. The van der Waals surface area contributed by atoms with Crippen LogP contribution in [0.1, 0.15) is 18.9 Å². The zero-order valence-electron chi connectivity index (χ0n) is 10.8. The van der Waals surface area contributed by atoms with Crippen LogP contribution in [0.4, 0.5) is 5.69 Å². The third kappa shape index (κ3) is 4.05. The highest BCUT2D eigenvalue weighted by atomic mass is 16.4. The second-order valence-electron chi connectivity index (χ2n) is 4.28. The Morgan fingerprint density at radius 2 is 1.78 bits per heavy atom. The van der Waals surface area contributed by atoms with E-state index in [0.717, 1.165) is 11.3 Å². The van der Waals surface area contributed by atoms with Crippen LogP contribution in [0.2, 0.25) is 0 Å². The molecule has 0 heterocycles. The van der Waals surface area contributed by atoms with Gasteiger partial charge < -0.3 is 10.0 Å². The molecule has 1 aromatic rings. The van der Waals surface area contributed by atoms with Gasteiger partial charge >= 0.3 is 5.97 Å². The zero-order valence-corrected chi connectivity index (χ0v) is 10.8. The Morgan fingerprint density at radius 3 is 2.17 bits per heavy atom. The summed E-state index contributed by atoms with van der Waals surface area (Å²) in [7, 11) is 3.88. The van der Waals surface area contributed by atoms with Gasteiger partial charge in [-0.2, -0.15) is 0 Å². The number of aliphatic carboxylic acids is 1. The van der Waals surface area contributed by atoms with Gasteiger partial charge in [-0.05, 0) is 30.7 Å². The number of rotatable bonds is 5. The summed E-state index contributed by atoms with van der Waals surface area (Å²) in [5.74, 6) is -1.21. The molecule has 0 aliphatic heterocycles. The van der Waals surface area contributed by atoms with Crippen LogP contribution in [-0.4, -0.2) is 31.0 Å². The maximum absolute atomic E-state index is 11.3. The van der Waals surface area contributed by atoms with E-state index >= 15 is 0 Å². The van der Waals surface area contributed by atoms with Crippen molar-refractivity contribution >= 4 is 23.5 Å². The Labute approximate surface area is 107 Å². The van der Waals surface area contributed by atoms with E-state index in [2.05, 4.69) is 0 Å². The number of carboxylic acid groups (broad SMARTS) is 1. The molecule has 4 heteroatoms. The smallest absolute Gasteiger partial charge is 0.307 e. The van der Waals surface area contributed by atoms with Gasteiger partial charge in [-0.1, -0.05) is 12.1 Å². The minimum Gasteiger partial charge on any atom is -0.481 e. The molecular weight excluding hydrogens is 230 g/mol. The van der Waals surface area contributed by atoms with E-state index in [0.29, 0.717) is 5.57 Å². The van der Waals surface area contributed by atoms with Crippen LogP contribution in [0.5, 0.6) is 0 Å². The molecule has 0 unspecified atom stereocenters. The van der Waals surface area contributed by atoms with E-state index in [1.165, 1.54) is 6.92 Å². The molecule has 18 heavy (non-hydrogen) atoms. The van der Waals surface area contributed by atoms with Crippen LogP contribution in [0.15, 0.2) is 29.8 Å². The van der Waals surface area contributed by atoms with Crippen LogP contribution < -0.4 is 4.90 Å². The third-order valence-corrected chi connectivity index (χ3v) is 2.54. The summed E-state index contributed by atoms with van der Waals surface area (Å²) in [5.41, 5.74) is 2.18. The molecule has 0 aromatic heterocycles. The summed E-state index contributed by atoms with van der Waals surface area (Å²) >= 11 is 0. The molecular formula is C14H17NO3. The van der Waals surface area contributed by atoms with Gasteiger partial charge in [0.25, 0.3) is 0 Å². The second-order valence-corrected chi connectivity index (χ2v) is 4.28. The molecule has 0 aliphatic rings. The van der Waals surface area contributed by atoms with Crippen molar-refractivity contribution in [1.82, 2.24) is 0 Å². The summed E-state index contributed by atoms with van der Waals surface area (Å²) in [6, 6.07) is 7.56. The number of hydrogen-bond acceptors (Lipinski definition) is 3.